The summed E-state index contributed by atoms with van der Waals surface area (Å²) in [6.07, 6.45) is 6.27. The van der Waals surface area contributed by atoms with E-state index in [4.69, 9.17) is 0 Å². The molecule has 1 aliphatic rings. The van der Waals surface area contributed by atoms with Crippen LogP contribution < -0.4 is 10.2 Å². The smallest absolute Gasteiger partial charge is 0.203 e. The molecule has 0 aromatic carbocycles. The Hall–Kier alpha value is -1.69. The van der Waals surface area contributed by atoms with Gasteiger partial charge in [-0.1, -0.05) is 13.8 Å². The second-order valence-electron chi connectivity index (χ2n) is 6.28. The van der Waals surface area contributed by atoms with Crippen LogP contribution in [0.1, 0.15) is 32.5 Å². The first-order valence-electron chi connectivity index (χ1n) is 7.80. The Morgan fingerprint density at radius 1 is 1.43 bits per heavy atom. The predicted molar refractivity (Wildman–Crippen MR) is 83.6 cm³/mol. The lowest BCUT2D eigenvalue weighted by Gasteiger charge is -2.28. The van der Waals surface area contributed by atoms with Gasteiger partial charge in [-0.15, -0.1) is 10.2 Å². The monoisotopic (exact) mass is 288 g/mol. The lowest BCUT2D eigenvalue weighted by Crippen LogP contribution is -2.40. The van der Waals surface area contributed by atoms with Crippen molar-refractivity contribution in [2.45, 2.75) is 39.7 Å². The number of hydrogen-bond acceptors (Lipinski definition) is 5. The lowest BCUT2D eigenvalue weighted by molar-refractivity contribution is 0.538. The van der Waals surface area contributed by atoms with Gasteiger partial charge in [-0.2, -0.15) is 0 Å². The zero-order valence-electron chi connectivity index (χ0n) is 13.1. The van der Waals surface area contributed by atoms with E-state index in [1.54, 1.807) is 0 Å². The van der Waals surface area contributed by atoms with E-state index in [9.17, 15) is 0 Å². The summed E-state index contributed by atoms with van der Waals surface area (Å²) in [6, 6.07) is 0.551. The number of anilines is 1. The number of fused-ring (bicyclic) bond motifs is 1. The summed E-state index contributed by atoms with van der Waals surface area (Å²) >= 11 is 0. The van der Waals surface area contributed by atoms with E-state index in [-0.39, 0.29) is 0 Å². The minimum absolute atomic E-state index is 0.551. The molecule has 6 nitrogen and oxygen atoms in total. The van der Waals surface area contributed by atoms with Crippen LogP contribution >= 0.6 is 0 Å². The largest absolute Gasteiger partial charge is 0.352 e. The van der Waals surface area contributed by atoms with E-state index in [1.165, 1.54) is 12.8 Å². The third-order valence-electron chi connectivity index (χ3n) is 3.97. The molecule has 114 valence electrons. The molecule has 1 unspecified atom stereocenters. The molecule has 1 aliphatic heterocycles. The van der Waals surface area contributed by atoms with Gasteiger partial charge >= 0.3 is 0 Å². The number of aromatic nitrogens is 4. The zero-order chi connectivity index (χ0) is 14.8. The summed E-state index contributed by atoms with van der Waals surface area (Å²) in [5, 5.41) is 12.1. The molecule has 6 heteroatoms. The Balaban J connectivity index is 1.92. The normalized spacial score (nSPS) is 18.8. The van der Waals surface area contributed by atoms with Gasteiger partial charge in [-0.3, -0.25) is 4.40 Å². The van der Waals surface area contributed by atoms with E-state index >= 15 is 0 Å². The summed E-state index contributed by atoms with van der Waals surface area (Å²) in [5.74, 6) is 2.43. The maximum Gasteiger partial charge on any atom is 0.203 e. The molecule has 2 aromatic heterocycles. The van der Waals surface area contributed by atoms with Gasteiger partial charge in [-0.25, -0.2) is 4.98 Å². The summed E-state index contributed by atoms with van der Waals surface area (Å²) in [5.41, 5.74) is 0.855. The minimum atomic E-state index is 0.551. The molecule has 0 amide bonds. The van der Waals surface area contributed by atoms with Crippen LogP contribution in [0.15, 0.2) is 12.4 Å². The maximum absolute atomic E-state index is 4.59. The Kier molecular flexibility index (Phi) is 4.05. The first-order valence-corrected chi connectivity index (χ1v) is 7.80. The molecule has 1 atom stereocenters. The van der Waals surface area contributed by atoms with Crippen molar-refractivity contribution < 1.29 is 0 Å². The summed E-state index contributed by atoms with van der Waals surface area (Å²) in [6.45, 7) is 9.54. The van der Waals surface area contributed by atoms with Crippen LogP contribution in [0.5, 0.6) is 0 Å². The van der Waals surface area contributed by atoms with Crippen molar-refractivity contribution in [2.75, 3.05) is 24.5 Å². The third kappa shape index (κ3) is 3.00. The second-order valence-corrected chi connectivity index (χ2v) is 6.28. The van der Waals surface area contributed by atoms with Gasteiger partial charge in [0.2, 0.25) is 5.65 Å². The Morgan fingerprint density at radius 2 is 2.29 bits per heavy atom. The summed E-state index contributed by atoms with van der Waals surface area (Å²) < 4.78 is 2.01. The van der Waals surface area contributed by atoms with Gasteiger partial charge in [0.25, 0.3) is 0 Å². The van der Waals surface area contributed by atoms with E-state index in [1.807, 2.05) is 23.7 Å². The fraction of sp³-hybridized carbons (Fsp3) is 0.667. The maximum atomic E-state index is 4.59. The highest BCUT2D eigenvalue weighted by Crippen LogP contribution is 2.20. The number of nitrogens with one attached hydrogen (secondary N) is 1. The molecule has 3 heterocycles. The molecule has 1 N–H and O–H groups in total. The van der Waals surface area contributed by atoms with Crippen molar-refractivity contribution in [1.29, 1.82) is 0 Å². The van der Waals surface area contributed by atoms with Gasteiger partial charge in [-0.05, 0) is 32.2 Å². The van der Waals surface area contributed by atoms with Crippen LogP contribution in [0, 0.1) is 12.8 Å². The van der Waals surface area contributed by atoms with Gasteiger partial charge in [0.15, 0.2) is 5.82 Å². The van der Waals surface area contributed by atoms with E-state index in [2.05, 4.69) is 39.2 Å². The molecule has 2 aromatic rings. The van der Waals surface area contributed by atoms with Crippen LogP contribution in [-0.2, 0) is 0 Å². The molecule has 0 radical (unpaired) electrons. The highest BCUT2D eigenvalue weighted by Gasteiger charge is 2.22. The van der Waals surface area contributed by atoms with Crippen LogP contribution in [-0.4, -0.2) is 45.3 Å². The van der Waals surface area contributed by atoms with Crippen molar-refractivity contribution >= 4 is 11.5 Å². The Labute approximate surface area is 125 Å². The first-order chi connectivity index (χ1) is 10.1. The highest BCUT2D eigenvalue weighted by atomic mass is 15.3. The molecule has 3 rings (SSSR count). The molecular formula is C15H24N6. The molecule has 21 heavy (non-hydrogen) atoms. The fourth-order valence-corrected chi connectivity index (χ4v) is 3.02. The van der Waals surface area contributed by atoms with Crippen LogP contribution in [0.4, 0.5) is 5.82 Å². The Morgan fingerprint density at radius 3 is 3.00 bits per heavy atom. The number of nitrogens with zero attached hydrogens (tertiary/aromatic N) is 5. The van der Waals surface area contributed by atoms with Crippen molar-refractivity contribution in [1.82, 2.24) is 24.9 Å². The van der Waals surface area contributed by atoms with E-state index in [0.29, 0.717) is 12.0 Å². The fourth-order valence-electron chi connectivity index (χ4n) is 3.02. The van der Waals surface area contributed by atoms with Crippen LogP contribution in [0.3, 0.4) is 0 Å². The lowest BCUT2D eigenvalue weighted by atomic mass is 10.1. The van der Waals surface area contributed by atoms with Gasteiger partial charge in [0, 0.05) is 31.5 Å². The standard InChI is InChI=1S/C15H24N6/c1-11(2)9-20(10-13-5-4-6-16-13)14-15-19-18-12(3)21(15)8-7-17-14/h7-8,11,13,16H,4-6,9-10H2,1-3H3. The summed E-state index contributed by atoms with van der Waals surface area (Å²) in [4.78, 5) is 6.95. The van der Waals surface area contributed by atoms with Crippen LogP contribution in [0.2, 0.25) is 0 Å². The molecular weight excluding hydrogens is 264 g/mol. The quantitative estimate of drug-likeness (QED) is 0.906. The van der Waals surface area contributed by atoms with Gasteiger partial charge in [0.05, 0.1) is 0 Å². The topological polar surface area (TPSA) is 58.4 Å². The molecule has 0 spiro atoms. The molecule has 1 fully saturated rings. The zero-order valence-corrected chi connectivity index (χ0v) is 13.1. The van der Waals surface area contributed by atoms with Crippen molar-refractivity contribution in [3.05, 3.63) is 18.2 Å². The average molecular weight is 288 g/mol. The SMILES string of the molecule is Cc1nnc2c(N(CC(C)C)CC3CCCN3)nccn12. The molecule has 0 bridgehead atoms. The molecule has 0 aliphatic carbocycles. The van der Waals surface area contributed by atoms with Crippen molar-refractivity contribution in [2.24, 2.45) is 5.92 Å². The highest BCUT2D eigenvalue weighted by molar-refractivity contribution is 5.63. The van der Waals surface area contributed by atoms with E-state index < -0.39 is 0 Å². The van der Waals surface area contributed by atoms with Crippen LogP contribution in [0.25, 0.3) is 5.65 Å². The second kappa shape index (κ2) is 5.97. The molecule has 1 saturated heterocycles. The average Bonchev–Trinajstić information content (AvgIpc) is 3.08. The predicted octanol–water partition coefficient (Wildman–Crippen LogP) is 1.65. The third-order valence-corrected chi connectivity index (χ3v) is 3.97. The Bertz CT molecular complexity index is 599. The summed E-state index contributed by atoms with van der Waals surface area (Å²) in [7, 11) is 0. The number of aryl methyl sites for hydroxylation is 1. The van der Waals surface area contributed by atoms with E-state index in [0.717, 1.165) is 36.9 Å². The molecule has 0 saturated carbocycles. The minimum Gasteiger partial charge on any atom is -0.352 e. The first kappa shape index (κ1) is 14.3. The van der Waals surface area contributed by atoms with Gasteiger partial charge < -0.3 is 10.2 Å². The number of hydrogen-bond donors (Lipinski definition) is 1. The van der Waals surface area contributed by atoms with Gasteiger partial charge in [0.1, 0.15) is 5.82 Å². The van der Waals surface area contributed by atoms with Crippen molar-refractivity contribution in [3.63, 3.8) is 0 Å². The number of rotatable bonds is 5. The van der Waals surface area contributed by atoms with Crippen molar-refractivity contribution in [3.8, 4) is 0 Å².